The summed E-state index contributed by atoms with van der Waals surface area (Å²) in [5, 5.41) is 5.37. The molecule has 0 spiro atoms. The van der Waals surface area contributed by atoms with E-state index in [1.807, 2.05) is 31.2 Å². The van der Waals surface area contributed by atoms with Crippen molar-refractivity contribution >= 4 is 17.8 Å². The minimum atomic E-state index is -2.90. The lowest BCUT2D eigenvalue weighted by molar-refractivity contribution is -0.134. The van der Waals surface area contributed by atoms with Crippen LogP contribution in [0.2, 0.25) is 0 Å². The SMILES string of the molecule is Cc1ccc(CNC(=O)CN2C(=O)NC(C)(CCc3ccc(OC(F)F)cc3)C2=O)cc1. The van der Waals surface area contributed by atoms with E-state index in [2.05, 4.69) is 15.4 Å². The van der Waals surface area contributed by atoms with Crippen LogP contribution in [0.3, 0.4) is 0 Å². The zero-order chi connectivity index (χ0) is 23.3. The number of imide groups is 1. The highest BCUT2D eigenvalue weighted by atomic mass is 19.3. The lowest BCUT2D eigenvalue weighted by Gasteiger charge is -2.21. The van der Waals surface area contributed by atoms with Gasteiger partial charge in [-0.2, -0.15) is 8.78 Å². The highest BCUT2D eigenvalue weighted by molar-refractivity contribution is 6.08. The number of ether oxygens (including phenoxy) is 1. The van der Waals surface area contributed by atoms with Crippen molar-refractivity contribution in [2.24, 2.45) is 0 Å². The molecule has 9 heteroatoms. The highest BCUT2D eigenvalue weighted by Crippen LogP contribution is 2.24. The van der Waals surface area contributed by atoms with Gasteiger partial charge in [-0.05, 0) is 49.9 Å². The number of halogens is 2. The summed E-state index contributed by atoms with van der Waals surface area (Å²) >= 11 is 0. The molecule has 0 bridgehead atoms. The number of rotatable bonds is 9. The fourth-order valence-corrected chi connectivity index (χ4v) is 3.40. The predicted octanol–water partition coefficient (Wildman–Crippen LogP) is 3.16. The fourth-order valence-electron chi connectivity index (χ4n) is 3.40. The molecule has 7 nitrogen and oxygen atoms in total. The number of hydrogen-bond acceptors (Lipinski definition) is 4. The van der Waals surface area contributed by atoms with Gasteiger partial charge in [-0.1, -0.05) is 42.0 Å². The number of hydrogen-bond donors (Lipinski definition) is 2. The van der Waals surface area contributed by atoms with Crippen molar-refractivity contribution in [1.82, 2.24) is 15.5 Å². The lowest BCUT2D eigenvalue weighted by Crippen LogP contribution is -2.45. The van der Waals surface area contributed by atoms with Crippen LogP contribution in [-0.2, 0) is 22.6 Å². The van der Waals surface area contributed by atoms with Gasteiger partial charge in [0.05, 0.1) is 0 Å². The molecule has 4 amide bonds. The Morgan fingerprint density at radius 3 is 2.34 bits per heavy atom. The van der Waals surface area contributed by atoms with Crippen molar-refractivity contribution in [3.05, 3.63) is 65.2 Å². The van der Waals surface area contributed by atoms with E-state index in [1.54, 1.807) is 19.1 Å². The first-order valence-electron chi connectivity index (χ1n) is 10.2. The highest BCUT2D eigenvalue weighted by Gasteiger charge is 2.47. The van der Waals surface area contributed by atoms with E-state index in [-0.39, 0.29) is 18.7 Å². The molecule has 2 aromatic rings. The van der Waals surface area contributed by atoms with Crippen molar-refractivity contribution in [3.63, 3.8) is 0 Å². The minimum Gasteiger partial charge on any atom is -0.435 e. The maximum Gasteiger partial charge on any atom is 0.387 e. The second-order valence-corrected chi connectivity index (χ2v) is 7.94. The van der Waals surface area contributed by atoms with Gasteiger partial charge in [0.15, 0.2) is 0 Å². The number of nitrogens with zero attached hydrogens (tertiary/aromatic N) is 1. The summed E-state index contributed by atoms with van der Waals surface area (Å²) in [7, 11) is 0. The van der Waals surface area contributed by atoms with Gasteiger partial charge in [0, 0.05) is 6.54 Å². The van der Waals surface area contributed by atoms with Crippen LogP contribution in [0.25, 0.3) is 0 Å². The van der Waals surface area contributed by atoms with Crippen molar-refractivity contribution in [2.45, 2.75) is 45.4 Å². The Balaban J connectivity index is 1.53. The Bertz CT molecular complexity index is 980. The number of benzene rings is 2. The number of urea groups is 1. The topological polar surface area (TPSA) is 87.7 Å². The van der Waals surface area contributed by atoms with E-state index in [9.17, 15) is 23.2 Å². The quantitative estimate of drug-likeness (QED) is 0.581. The number of carbonyl (C=O) groups is 3. The van der Waals surface area contributed by atoms with Crippen LogP contribution in [0.5, 0.6) is 5.75 Å². The molecule has 0 aromatic heterocycles. The molecule has 2 N–H and O–H groups in total. The molecule has 0 saturated carbocycles. The van der Waals surface area contributed by atoms with Crippen LogP contribution in [0.15, 0.2) is 48.5 Å². The van der Waals surface area contributed by atoms with E-state index in [0.717, 1.165) is 21.6 Å². The Hall–Kier alpha value is -3.49. The summed E-state index contributed by atoms with van der Waals surface area (Å²) in [5.41, 5.74) is 1.66. The first-order valence-corrected chi connectivity index (χ1v) is 10.2. The summed E-state index contributed by atoms with van der Waals surface area (Å²) in [6, 6.07) is 13.1. The molecule has 2 aromatic carbocycles. The molecule has 1 aliphatic heterocycles. The Labute approximate surface area is 184 Å². The molecular weight excluding hydrogens is 420 g/mol. The third kappa shape index (κ3) is 5.81. The standard InChI is InChI=1S/C23H25F2N3O4/c1-15-3-5-17(6-4-15)13-26-19(29)14-28-20(30)23(2,27-22(28)31)12-11-16-7-9-18(10-8-16)32-21(24)25/h3-10,21H,11-14H2,1-2H3,(H,26,29)(H,27,31). The van der Waals surface area contributed by atoms with Crippen molar-refractivity contribution in [1.29, 1.82) is 0 Å². The van der Waals surface area contributed by atoms with Crippen molar-refractivity contribution in [2.75, 3.05) is 6.54 Å². The average Bonchev–Trinajstić information content (AvgIpc) is 2.96. The Morgan fingerprint density at radius 1 is 1.09 bits per heavy atom. The van der Waals surface area contributed by atoms with E-state index in [4.69, 9.17) is 0 Å². The van der Waals surface area contributed by atoms with Gasteiger partial charge in [0.1, 0.15) is 17.8 Å². The van der Waals surface area contributed by atoms with Gasteiger partial charge in [0.25, 0.3) is 5.91 Å². The summed E-state index contributed by atoms with van der Waals surface area (Å²) in [5.74, 6) is -0.874. The summed E-state index contributed by atoms with van der Waals surface area (Å²) in [4.78, 5) is 38.4. The molecule has 0 aliphatic carbocycles. The first kappa shape index (κ1) is 23.2. The maximum atomic E-state index is 12.8. The van der Waals surface area contributed by atoms with Crippen LogP contribution in [0.4, 0.5) is 13.6 Å². The lowest BCUT2D eigenvalue weighted by atomic mass is 9.93. The molecule has 1 fully saturated rings. The number of amides is 4. The Morgan fingerprint density at radius 2 is 1.72 bits per heavy atom. The van der Waals surface area contributed by atoms with Crippen LogP contribution < -0.4 is 15.4 Å². The molecule has 1 heterocycles. The van der Waals surface area contributed by atoms with Gasteiger partial charge < -0.3 is 15.4 Å². The number of aryl methyl sites for hydroxylation is 2. The van der Waals surface area contributed by atoms with Gasteiger partial charge in [0.2, 0.25) is 5.91 Å². The van der Waals surface area contributed by atoms with Crippen LogP contribution >= 0.6 is 0 Å². The number of nitrogens with one attached hydrogen (secondary N) is 2. The molecule has 170 valence electrons. The van der Waals surface area contributed by atoms with E-state index >= 15 is 0 Å². The van der Waals surface area contributed by atoms with E-state index in [0.29, 0.717) is 13.0 Å². The van der Waals surface area contributed by atoms with Gasteiger partial charge in [-0.25, -0.2) is 4.79 Å². The molecular formula is C23H25F2N3O4. The predicted molar refractivity (Wildman–Crippen MR) is 113 cm³/mol. The van der Waals surface area contributed by atoms with Gasteiger partial charge in [-0.15, -0.1) is 0 Å². The second kappa shape index (κ2) is 9.76. The third-order valence-electron chi connectivity index (χ3n) is 5.32. The van der Waals surface area contributed by atoms with E-state index in [1.165, 1.54) is 12.1 Å². The number of carbonyl (C=O) groups excluding carboxylic acids is 3. The zero-order valence-electron chi connectivity index (χ0n) is 17.9. The zero-order valence-corrected chi connectivity index (χ0v) is 17.9. The van der Waals surface area contributed by atoms with Crippen LogP contribution in [0.1, 0.15) is 30.0 Å². The molecule has 0 radical (unpaired) electrons. The normalized spacial score (nSPS) is 18.1. The minimum absolute atomic E-state index is 0.0445. The maximum absolute atomic E-state index is 12.8. The van der Waals surface area contributed by atoms with E-state index < -0.39 is 30.0 Å². The van der Waals surface area contributed by atoms with Crippen LogP contribution in [-0.4, -0.2) is 41.4 Å². The largest absolute Gasteiger partial charge is 0.435 e. The summed E-state index contributed by atoms with van der Waals surface area (Å²) in [6.45, 7) is 0.600. The molecule has 3 rings (SSSR count). The number of alkyl halides is 2. The average molecular weight is 445 g/mol. The summed E-state index contributed by atoms with van der Waals surface area (Å²) < 4.78 is 28.8. The van der Waals surface area contributed by atoms with Crippen molar-refractivity contribution < 1.29 is 27.9 Å². The molecule has 32 heavy (non-hydrogen) atoms. The molecule has 1 unspecified atom stereocenters. The first-order chi connectivity index (χ1) is 15.2. The smallest absolute Gasteiger partial charge is 0.387 e. The van der Waals surface area contributed by atoms with Gasteiger partial charge >= 0.3 is 12.6 Å². The second-order valence-electron chi connectivity index (χ2n) is 7.94. The van der Waals surface area contributed by atoms with Crippen LogP contribution in [0, 0.1) is 6.92 Å². The fraction of sp³-hybridized carbons (Fsp3) is 0.348. The molecule has 1 atom stereocenters. The monoisotopic (exact) mass is 445 g/mol. The third-order valence-corrected chi connectivity index (χ3v) is 5.32. The van der Waals surface area contributed by atoms with Crippen molar-refractivity contribution in [3.8, 4) is 5.75 Å². The molecule has 1 aliphatic rings. The Kier molecular flexibility index (Phi) is 7.07. The van der Waals surface area contributed by atoms with Gasteiger partial charge in [-0.3, -0.25) is 14.5 Å². The molecule has 1 saturated heterocycles. The summed E-state index contributed by atoms with van der Waals surface area (Å²) in [6.07, 6.45) is 0.707.